The van der Waals surface area contributed by atoms with Crippen LogP contribution in [-0.2, 0) is 21.4 Å². The van der Waals surface area contributed by atoms with Crippen LogP contribution in [0.1, 0.15) is 94.0 Å². The smallest absolute Gasteiger partial charge is 0.328 e. The van der Waals surface area contributed by atoms with E-state index in [0.29, 0.717) is 22.5 Å². The quantitative estimate of drug-likeness (QED) is 0.470. The van der Waals surface area contributed by atoms with Crippen molar-refractivity contribution in [2.24, 2.45) is 28.4 Å². The van der Waals surface area contributed by atoms with Gasteiger partial charge >= 0.3 is 11.9 Å². The summed E-state index contributed by atoms with van der Waals surface area (Å²) in [5.41, 5.74) is 12.6. The molecule has 0 spiro atoms. The second-order valence-corrected chi connectivity index (χ2v) is 12.3. The molecular weight excluding hydrogens is 414 g/mol. The van der Waals surface area contributed by atoms with Crippen molar-refractivity contribution in [2.45, 2.75) is 105 Å². The van der Waals surface area contributed by atoms with E-state index in [4.69, 9.17) is 15.6 Å². The number of carbonyl (C=O) groups excluding carboxylic acids is 1. The van der Waals surface area contributed by atoms with E-state index < -0.39 is 24.4 Å². The Morgan fingerprint density at radius 1 is 1.03 bits per heavy atom. The number of esters is 1. The van der Waals surface area contributed by atoms with Crippen molar-refractivity contribution in [3.05, 3.63) is 27.8 Å². The van der Waals surface area contributed by atoms with Gasteiger partial charge in [-0.15, -0.1) is 0 Å². The topological polar surface area (TPSA) is 89.6 Å². The largest absolute Gasteiger partial charge is 0.481 e. The lowest BCUT2D eigenvalue weighted by Crippen LogP contribution is -2.55. The molecule has 1 aromatic carbocycles. The van der Waals surface area contributed by atoms with E-state index in [1.54, 1.807) is 0 Å². The lowest BCUT2D eigenvalue weighted by molar-refractivity contribution is -0.143. The zero-order chi connectivity index (χ0) is 24.5. The molecule has 0 aliphatic heterocycles. The van der Waals surface area contributed by atoms with Crippen LogP contribution in [0.3, 0.4) is 0 Å². The van der Waals surface area contributed by atoms with Crippen LogP contribution in [0.4, 0.5) is 0 Å². The van der Waals surface area contributed by atoms with Crippen LogP contribution in [0.25, 0.3) is 0 Å². The van der Waals surface area contributed by atoms with E-state index in [0.717, 1.165) is 23.5 Å². The number of benzene rings is 1. The Hall–Kier alpha value is -1.88. The molecule has 2 fully saturated rings. The van der Waals surface area contributed by atoms with Crippen molar-refractivity contribution in [1.29, 1.82) is 0 Å². The van der Waals surface area contributed by atoms with Crippen LogP contribution >= 0.6 is 0 Å². The zero-order valence-corrected chi connectivity index (χ0v) is 21.4. The lowest BCUT2D eigenvalue weighted by atomic mass is 9.43. The van der Waals surface area contributed by atoms with Gasteiger partial charge < -0.3 is 15.6 Å². The maximum atomic E-state index is 12.6. The van der Waals surface area contributed by atoms with Gasteiger partial charge in [-0.3, -0.25) is 4.79 Å². The molecule has 0 bridgehead atoms. The van der Waals surface area contributed by atoms with Gasteiger partial charge in [-0.2, -0.15) is 0 Å². The molecule has 3 aliphatic carbocycles. The van der Waals surface area contributed by atoms with E-state index in [-0.39, 0.29) is 5.41 Å². The Morgan fingerprint density at radius 2 is 1.70 bits per heavy atom. The third-order valence-electron chi connectivity index (χ3n) is 10.0. The van der Waals surface area contributed by atoms with Crippen molar-refractivity contribution >= 4 is 11.9 Å². The molecule has 2 saturated carbocycles. The van der Waals surface area contributed by atoms with E-state index >= 15 is 0 Å². The van der Waals surface area contributed by atoms with Gasteiger partial charge in [0.25, 0.3) is 0 Å². The zero-order valence-electron chi connectivity index (χ0n) is 21.4. The van der Waals surface area contributed by atoms with Gasteiger partial charge in [-0.25, -0.2) is 4.79 Å². The Kier molecular flexibility index (Phi) is 5.75. The number of hydrogen-bond donors (Lipinski definition) is 2. The van der Waals surface area contributed by atoms with Crippen molar-refractivity contribution < 1.29 is 19.4 Å². The first-order valence-electron chi connectivity index (χ1n) is 12.6. The maximum absolute atomic E-state index is 12.6. The summed E-state index contributed by atoms with van der Waals surface area (Å²) in [6.45, 7) is 16.2. The molecule has 0 amide bonds. The van der Waals surface area contributed by atoms with Gasteiger partial charge in [0.2, 0.25) is 0 Å². The standard InChI is InChI=1S/C28H41NO4/c1-15-16(2)24(33-25(32)19(29)14-22(30)31)17(3)18-13-21-27(6)11-8-10-26(4,5)20(27)9-12-28(21,7)23(15)18/h19-21H,8-14,29H2,1-7H3,(H,30,31)/t19?,20?,21-,27+,28?/m1/s1. The molecule has 0 saturated heterocycles. The van der Waals surface area contributed by atoms with Crippen LogP contribution in [0.15, 0.2) is 0 Å². The Balaban J connectivity index is 1.76. The van der Waals surface area contributed by atoms with Crippen molar-refractivity contribution in [3.8, 4) is 5.75 Å². The van der Waals surface area contributed by atoms with Gasteiger partial charge in [-0.1, -0.05) is 34.1 Å². The predicted molar refractivity (Wildman–Crippen MR) is 130 cm³/mol. The fourth-order valence-electron chi connectivity index (χ4n) is 8.43. The maximum Gasteiger partial charge on any atom is 0.328 e. The second-order valence-electron chi connectivity index (χ2n) is 12.3. The number of fused-ring (bicyclic) bond motifs is 5. The molecule has 1 aromatic rings. The van der Waals surface area contributed by atoms with Crippen molar-refractivity contribution in [1.82, 2.24) is 0 Å². The number of aliphatic carboxylic acids is 1. The fourth-order valence-corrected chi connectivity index (χ4v) is 8.43. The molecule has 0 radical (unpaired) electrons. The molecule has 182 valence electrons. The summed E-state index contributed by atoms with van der Waals surface area (Å²) in [5.74, 6) is 0.110. The molecule has 5 nitrogen and oxygen atoms in total. The fraction of sp³-hybridized carbons (Fsp3) is 0.714. The molecule has 3 N–H and O–H groups in total. The molecule has 0 heterocycles. The van der Waals surface area contributed by atoms with Gasteiger partial charge in [0.1, 0.15) is 11.8 Å². The molecule has 3 unspecified atom stereocenters. The Morgan fingerprint density at radius 3 is 2.33 bits per heavy atom. The van der Waals surface area contributed by atoms with E-state index in [1.807, 2.05) is 6.92 Å². The lowest BCUT2D eigenvalue weighted by Gasteiger charge is -2.61. The first-order valence-corrected chi connectivity index (χ1v) is 12.6. The summed E-state index contributed by atoms with van der Waals surface area (Å²) in [4.78, 5) is 23.6. The first kappa shape index (κ1) is 24.3. The normalized spacial score (nSPS) is 33.0. The molecule has 3 aliphatic rings. The van der Waals surface area contributed by atoms with Gasteiger partial charge in [-0.05, 0) is 109 Å². The van der Waals surface area contributed by atoms with Crippen LogP contribution in [-0.4, -0.2) is 23.1 Å². The average Bonchev–Trinajstić information content (AvgIpc) is 3.03. The minimum absolute atomic E-state index is 0.135. The summed E-state index contributed by atoms with van der Waals surface area (Å²) in [5, 5.41) is 8.99. The highest BCUT2D eigenvalue weighted by atomic mass is 16.5. The summed E-state index contributed by atoms with van der Waals surface area (Å²) in [6.07, 6.45) is 6.97. The number of ether oxygens (including phenoxy) is 1. The third kappa shape index (κ3) is 3.53. The molecule has 33 heavy (non-hydrogen) atoms. The van der Waals surface area contributed by atoms with Gasteiger partial charge in [0, 0.05) is 0 Å². The number of carboxylic acid groups (broad SMARTS) is 1. The summed E-state index contributed by atoms with van der Waals surface area (Å²) in [7, 11) is 0. The number of carboxylic acids is 1. The minimum Gasteiger partial charge on any atom is -0.481 e. The molecule has 5 atom stereocenters. The first-order chi connectivity index (χ1) is 15.2. The second kappa shape index (κ2) is 7.83. The Labute approximate surface area is 198 Å². The van der Waals surface area contributed by atoms with E-state index in [2.05, 4.69) is 41.5 Å². The summed E-state index contributed by atoms with van der Waals surface area (Å²) >= 11 is 0. The van der Waals surface area contributed by atoms with E-state index in [1.165, 1.54) is 48.8 Å². The Bertz CT molecular complexity index is 1010. The summed E-state index contributed by atoms with van der Waals surface area (Å²) < 4.78 is 5.77. The van der Waals surface area contributed by atoms with Gasteiger partial charge in [0.15, 0.2) is 0 Å². The van der Waals surface area contributed by atoms with Crippen LogP contribution in [0.5, 0.6) is 5.75 Å². The number of nitrogens with two attached hydrogens (primary N) is 1. The molecule has 4 rings (SSSR count). The highest BCUT2D eigenvalue weighted by Crippen LogP contribution is 2.68. The van der Waals surface area contributed by atoms with Crippen molar-refractivity contribution in [3.63, 3.8) is 0 Å². The predicted octanol–water partition coefficient (Wildman–Crippen LogP) is 5.38. The SMILES string of the molecule is Cc1c(C)c2c(c(C)c1OC(=O)C(N)CC(=O)O)C[C@H]1C2(C)CCC2C(C)(C)CCC[C@@]21C. The summed E-state index contributed by atoms with van der Waals surface area (Å²) in [6, 6.07) is -1.17. The van der Waals surface area contributed by atoms with Crippen molar-refractivity contribution in [2.75, 3.05) is 0 Å². The monoisotopic (exact) mass is 455 g/mol. The molecule has 5 heteroatoms. The van der Waals surface area contributed by atoms with Crippen LogP contribution in [0, 0.1) is 43.4 Å². The average molecular weight is 456 g/mol. The minimum atomic E-state index is -1.17. The van der Waals surface area contributed by atoms with E-state index in [9.17, 15) is 9.59 Å². The highest BCUT2D eigenvalue weighted by Gasteiger charge is 2.61. The molecular formula is C28H41NO4. The highest BCUT2D eigenvalue weighted by molar-refractivity contribution is 5.84. The number of carbonyl (C=O) groups is 2. The van der Waals surface area contributed by atoms with Gasteiger partial charge in [0.05, 0.1) is 6.42 Å². The van der Waals surface area contributed by atoms with Crippen LogP contribution in [0.2, 0.25) is 0 Å². The number of rotatable bonds is 4. The van der Waals surface area contributed by atoms with Crippen LogP contribution < -0.4 is 10.5 Å². The number of hydrogen-bond acceptors (Lipinski definition) is 4. The molecule has 0 aromatic heterocycles. The third-order valence-corrected chi connectivity index (χ3v) is 10.0.